The Morgan fingerprint density at radius 3 is 2.74 bits per heavy atom. The summed E-state index contributed by atoms with van der Waals surface area (Å²) in [6.45, 7) is 6.76. The van der Waals surface area contributed by atoms with Crippen molar-refractivity contribution < 1.29 is 19.4 Å². The number of pyridine rings is 1. The molecule has 1 amide bonds. The number of aromatic nitrogens is 1. The fourth-order valence-electron chi connectivity index (χ4n) is 1.24. The van der Waals surface area contributed by atoms with E-state index in [0.717, 1.165) is 5.57 Å². The van der Waals surface area contributed by atoms with E-state index in [4.69, 9.17) is 9.84 Å². The van der Waals surface area contributed by atoms with E-state index in [1.807, 2.05) is 6.92 Å². The monoisotopic (exact) mass is 264 g/mol. The van der Waals surface area contributed by atoms with Gasteiger partial charge in [0.05, 0.1) is 18.8 Å². The van der Waals surface area contributed by atoms with Crippen LogP contribution in [0.1, 0.15) is 27.8 Å². The lowest BCUT2D eigenvalue weighted by Crippen LogP contribution is -2.27. The summed E-state index contributed by atoms with van der Waals surface area (Å²) < 4.78 is 5.22. The maximum absolute atomic E-state index is 11.7. The van der Waals surface area contributed by atoms with E-state index in [9.17, 15) is 9.59 Å². The lowest BCUT2D eigenvalue weighted by atomic mass is 10.2. The summed E-state index contributed by atoms with van der Waals surface area (Å²) in [5.41, 5.74) is 1.13. The average Bonchev–Trinajstić information content (AvgIpc) is 2.37. The lowest BCUT2D eigenvalue weighted by molar-refractivity contribution is 0.0689. The topological polar surface area (TPSA) is 88.5 Å². The molecule has 0 saturated carbocycles. The summed E-state index contributed by atoms with van der Waals surface area (Å²) in [4.78, 5) is 25.9. The maximum Gasteiger partial charge on any atom is 0.354 e. The normalized spacial score (nSPS) is 9.95. The SMILES string of the molecule is C=C(C)COCCNC(=O)c1ccc(C(=O)O)nc1. The molecule has 2 N–H and O–H groups in total. The third-order valence-corrected chi connectivity index (χ3v) is 2.13. The number of carboxylic acids is 1. The van der Waals surface area contributed by atoms with Crippen LogP contribution in [0.5, 0.6) is 0 Å². The minimum Gasteiger partial charge on any atom is -0.477 e. The zero-order chi connectivity index (χ0) is 14.3. The van der Waals surface area contributed by atoms with Gasteiger partial charge in [-0.25, -0.2) is 9.78 Å². The Labute approximate surface area is 111 Å². The number of rotatable bonds is 7. The molecular formula is C13H16N2O4. The second kappa shape index (κ2) is 7.27. The Balaban J connectivity index is 2.37. The van der Waals surface area contributed by atoms with Crippen molar-refractivity contribution in [2.75, 3.05) is 19.8 Å². The average molecular weight is 264 g/mol. The zero-order valence-electron chi connectivity index (χ0n) is 10.7. The number of nitrogens with zero attached hydrogens (tertiary/aromatic N) is 1. The predicted molar refractivity (Wildman–Crippen MR) is 69.2 cm³/mol. The number of carbonyl (C=O) groups is 2. The molecule has 1 aromatic heterocycles. The highest BCUT2D eigenvalue weighted by atomic mass is 16.5. The van der Waals surface area contributed by atoms with Gasteiger partial charge in [-0.3, -0.25) is 4.79 Å². The summed E-state index contributed by atoms with van der Waals surface area (Å²) in [6.07, 6.45) is 1.23. The van der Waals surface area contributed by atoms with Gasteiger partial charge in [0.25, 0.3) is 5.91 Å². The molecule has 6 nitrogen and oxygen atoms in total. The summed E-state index contributed by atoms with van der Waals surface area (Å²) in [5, 5.41) is 11.3. The Bertz CT molecular complexity index is 468. The molecular weight excluding hydrogens is 248 g/mol. The third-order valence-electron chi connectivity index (χ3n) is 2.13. The van der Waals surface area contributed by atoms with Crippen molar-refractivity contribution in [1.82, 2.24) is 10.3 Å². The second-order valence-electron chi connectivity index (χ2n) is 4.00. The summed E-state index contributed by atoms with van der Waals surface area (Å²) in [7, 11) is 0. The van der Waals surface area contributed by atoms with Crippen LogP contribution in [0.25, 0.3) is 0 Å². The molecule has 1 heterocycles. The van der Waals surface area contributed by atoms with Gasteiger partial charge in [0, 0.05) is 12.7 Å². The van der Waals surface area contributed by atoms with Crippen LogP contribution in [-0.2, 0) is 4.74 Å². The molecule has 1 aromatic rings. The second-order valence-corrected chi connectivity index (χ2v) is 4.00. The quantitative estimate of drug-likeness (QED) is 0.568. The van der Waals surface area contributed by atoms with Gasteiger partial charge >= 0.3 is 5.97 Å². The van der Waals surface area contributed by atoms with Crippen molar-refractivity contribution in [3.63, 3.8) is 0 Å². The molecule has 0 fully saturated rings. The van der Waals surface area contributed by atoms with Gasteiger partial charge in [-0.15, -0.1) is 0 Å². The molecule has 0 bridgehead atoms. The van der Waals surface area contributed by atoms with E-state index >= 15 is 0 Å². The van der Waals surface area contributed by atoms with Crippen LogP contribution in [0.4, 0.5) is 0 Å². The van der Waals surface area contributed by atoms with Gasteiger partial charge in [-0.1, -0.05) is 12.2 Å². The van der Waals surface area contributed by atoms with Crippen LogP contribution in [0, 0.1) is 0 Å². The molecule has 0 atom stereocenters. The third kappa shape index (κ3) is 5.31. The molecule has 0 unspecified atom stereocenters. The van der Waals surface area contributed by atoms with Gasteiger partial charge in [0.15, 0.2) is 0 Å². The van der Waals surface area contributed by atoms with Crippen molar-refractivity contribution in [2.45, 2.75) is 6.92 Å². The molecule has 0 radical (unpaired) electrons. The van der Waals surface area contributed by atoms with E-state index < -0.39 is 5.97 Å². The highest BCUT2D eigenvalue weighted by Gasteiger charge is 2.08. The molecule has 19 heavy (non-hydrogen) atoms. The summed E-state index contributed by atoms with van der Waals surface area (Å²) >= 11 is 0. The molecule has 0 saturated heterocycles. The highest BCUT2D eigenvalue weighted by Crippen LogP contribution is 2.00. The van der Waals surface area contributed by atoms with E-state index in [0.29, 0.717) is 25.3 Å². The first-order chi connectivity index (χ1) is 9.00. The Hall–Kier alpha value is -2.21. The number of hydrogen-bond donors (Lipinski definition) is 2. The van der Waals surface area contributed by atoms with Crippen LogP contribution in [-0.4, -0.2) is 41.7 Å². The number of hydrogen-bond acceptors (Lipinski definition) is 4. The molecule has 1 rings (SSSR count). The number of nitrogens with one attached hydrogen (secondary N) is 1. The molecule has 0 aliphatic heterocycles. The van der Waals surface area contributed by atoms with E-state index in [2.05, 4.69) is 16.9 Å². The minimum absolute atomic E-state index is 0.0960. The fourth-order valence-corrected chi connectivity index (χ4v) is 1.24. The Morgan fingerprint density at radius 2 is 2.21 bits per heavy atom. The summed E-state index contributed by atoms with van der Waals surface area (Å²) in [5.74, 6) is -1.44. The van der Waals surface area contributed by atoms with Crippen molar-refractivity contribution in [1.29, 1.82) is 0 Å². The first-order valence-corrected chi connectivity index (χ1v) is 5.70. The number of aromatic carboxylic acids is 1. The smallest absolute Gasteiger partial charge is 0.354 e. The first kappa shape index (κ1) is 14.8. The predicted octanol–water partition coefficient (Wildman–Crippen LogP) is 1.10. The molecule has 6 heteroatoms. The van der Waals surface area contributed by atoms with Crippen molar-refractivity contribution in [3.8, 4) is 0 Å². The number of ether oxygens (including phenoxy) is 1. The van der Waals surface area contributed by atoms with Crippen molar-refractivity contribution in [2.24, 2.45) is 0 Å². The fraction of sp³-hybridized carbons (Fsp3) is 0.308. The standard InChI is InChI=1S/C13H16N2O4/c1-9(2)8-19-6-5-14-12(16)10-3-4-11(13(17)18)15-7-10/h3-4,7H,1,5-6,8H2,2H3,(H,14,16)(H,17,18). The largest absolute Gasteiger partial charge is 0.477 e. The van der Waals surface area contributed by atoms with Gasteiger partial charge in [-0.2, -0.15) is 0 Å². The van der Waals surface area contributed by atoms with Gasteiger partial charge in [-0.05, 0) is 19.1 Å². The number of carbonyl (C=O) groups excluding carboxylic acids is 1. The van der Waals surface area contributed by atoms with Crippen molar-refractivity contribution >= 4 is 11.9 Å². The van der Waals surface area contributed by atoms with Gasteiger partial charge < -0.3 is 15.2 Å². The number of amides is 1. The molecule has 102 valence electrons. The maximum atomic E-state index is 11.7. The van der Waals surface area contributed by atoms with Gasteiger partial charge in [0.2, 0.25) is 0 Å². The van der Waals surface area contributed by atoms with E-state index in [-0.39, 0.29) is 11.6 Å². The molecule has 0 aliphatic rings. The van der Waals surface area contributed by atoms with Crippen LogP contribution in [0.15, 0.2) is 30.5 Å². The number of carboxylic acid groups (broad SMARTS) is 1. The lowest BCUT2D eigenvalue weighted by Gasteiger charge is -2.06. The highest BCUT2D eigenvalue weighted by molar-refractivity contribution is 5.94. The van der Waals surface area contributed by atoms with Crippen LogP contribution < -0.4 is 5.32 Å². The van der Waals surface area contributed by atoms with E-state index in [1.165, 1.54) is 18.3 Å². The van der Waals surface area contributed by atoms with Crippen molar-refractivity contribution in [3.05, 3.63) is 41.7 Å². The minimum atomic E-state index is -1.12. The molecule has 0 aromatic carbocycles. The molecule has 0 spiro atoms. The summed E-state index contributed by atoms with van der Waals surface area (Å²) in [6, 6.07) is 2.70. The first-order valence-electron chi connectivity index (χ1n) is 5.70. The molecule has 0 aliphatic carbocycles. The van der Waals surface area contributed by atoms with Crippen LogP contribution in [0.2, 0.25) is 0 Å². The van der Waals surface area contributed by atoms with E-state index in [1.54, 1.807) is 0 Å². The Morgan fingerprint density at radius 1 is 1.47 bits per heavy atom. The van der Waals surface area contributed by atoms with Gasteiger partial charge in [0.1, 0.15) is 5.69 Å². The van der Waals surface area contributed by atoms with Crippen LogP contribution in [0.3, 0.4) is 0 Å². The zero-order valence-corrected chi connectivity index (χ0v) is 10.7. The van der Waals surface area contributed by atoms with Crippen LogP contribution >= 0.6 is 0 Å². The Kier molecular flexibility index (Phi) is 5.69.